The number of rotatable bonds is 4. The molecule has 2 aromatic heterocycles. The van der Waals surface area contributed by atoms with Crippen molar-refractivity contribution >= 4 is 10.0 Å². The van der Waals surface area contributed by atoms with Crippen molar-refractivity contribution in [1.29, 1.82) is 0 Å². The molecule has 0 atom stereocenters. The minimum Gasteiger partial charge on any atom is -0.277 e. The number of nitrogens with zero attached hydrogens (tertiary/aromatic N) is 2. The van der Waals surface area contributed by atoms with Gasteiger partial charge in [0.25, 0.3) is 0 Å². The normalized spacial score (nSPS) is 11.6. The maximum atomic E-state index is 11.6. The van der Waals surface area contributed by atoms with Crippen molar-refractivity contribution in [2.45, 2.75) is 18.7 Å². The Balaban J connectivity index is 1.71. The molecule has 0 saturated carbocycles. The number of hydrogen-bond donors (Lipinski definition) is 2. The van der Waals surface area contributed by atoms with Gasteiger partial charge >= 0.3 is 0 Å². The van der Waals surface area contributed by atoms with Crippen LogP contribution in [0.3, 0.4) is 0 Å². The third-order valence-electron chi connectivity index (χ3n) is 4.70. The Bertz CT molecular complexity index is 1270. The van der Waals surface area contributed by atoms with Crippen LogP contribution in [-0.4, -0.2) is 23.6 Å². The van der Waals surface area contributed by atoms with Crippen LogP contribution in [0.15, 0.2) is 71.8 Å². The lowest BCUT2D eigenvalue weighted by Gasteiger charge is -2.08. The first-order chi connectivity index (χ1) is 13.8. The van der Waals surface area contributed by atoms with Gasteiger partial charge in [-0.25, -0.2) is 13.6 Å². The fraction of sp³-hybridized carbons (Fsp3) is 0.0909. The van der Waals surface area contributed by atoms with Crippen LogP contribution in [0.2, 0.25) is 0 Å². The Morgan fingerprint density at radius 2 is 1.48 bits per heavy atom. The average Bonchev–Trinajstić information content (AvgIpc) is 3.17. The molecule has 3 N–H and O–H groups in total. The predicted molar refractivity (Wildman–Crippen MR) is 114 cm³/mol. The van der Waals surface area contributed by atoms with Gasteiger partial charge in [-0.05, 0) is 54.8 Å². The maximum Gasteiger partial charge on any atom is 0.238 e. The third kappa shape index (κ3) is 3.96. The van der Waals surface area contributed by atoms with Crippen LogP contribution in [0, 0.1) is 13.8 Å². The fourth-order valence-electron chi connectivity index (χ4n) is 3.40. The molecule has 0 fully saturated rings. The van der Waals surface area contributed by atoms with E-state index in [1.807, 2.05) is 56.3 Å². The number of aromatic amines is 1. The summed E-state index contributed by atoms with van der Waals surface area (Å²) in [7, 11) is -3.74. The summed E-state index contributed by atoms with van der Waals surface area (Å²) in [5, 5.41) is 12.6. The number of aryl methyl sites for hydroxylation is 2. The number of primary sulfonamides is 1. The van der Waals surface area contributed by atoms with E-state index in [2.05, 4.69) is 15.2 Å². The molecule has 2 heterocycles. The van der Waals surface area contributed by atoms with Crippen LogP contribution in [0.5, 0.6) is 0 Å². The van der Waals surface area contributed by atoms with Gasteiger partial charge in [0.1, 0.15) is 0 Å². The highest BCUT2D eigenvalue weighted by Gasteiger charge is 2.12. The van der Waals surface area contributed by atoms with Crippen molar-refractivity contribution in [1.82, 2.24) is 15.2 Å². The van der Waals surface area contributed by atoms with Gasteiger partial charge in [0.15, 0.2) is 0 Å². The van der Waals surface area contributed by atoms with Gasteiger partial charge in [-0.3, -0.25) is 10.1 Å². The third-order valence-corrected chi connectivity index (χ3v) is 5.61. The quantitative estimate of drug-likeness (QED) is 0.535. The molecule has 4 aromatic rings. The molecule has 0 amide bonds. The molecule has 0 aliphatic carbocycles. The zero-order valence-electron chi connectivity index (χ0n) is 16.0. The number of nitrogens with one attached hydrogen (secondary N) is 1. The van der Waals surface area contributed by atoms with E-state index >= 15 is 0 Å². The number of aromatic nitrogens is 3. The highest BCUT2D eigenvalue weighted by molar-refractivity contribution is 7.89. The molecule has 0 bridgehead atoms. The standard InChI is InChI=1S/C22H20N4O2S/c1-14-10-19(11-15(2)25-14)22-21(13-24-26-22)17-8-6-16(7-9-17)18-4-3-5-20(12-18)29(23,27)28/h3-13H,1-2H3,(H,24,26)(H2,23,27,28). The van der Waals surface area contributed by atoms with Gasteiger partial charge in [0, 0.05) is 22.5 Å². The zero-order chi connectivity index (χ0) is 20.6. The van der Waals surface area contributed by atoms with Crippen LogP contribution < -0.4 is 5.14 Å². The molecule has 0 aliphatic heterocycles. The van der Waals surface area contributed by atoms with Crippen molar-refractivity contribution in [3.8, 4) is 33.5 Å². The molecule has 6 nitrogen and oxygen atoms in total. The second kappa shape index (κ2) is 7.27. The summed E-state index contributed by atoms with van der Waals surface area (Å²) in [6.45, 7) is 3.94. The van der Waals surface area contributed by atoms with E-state index in [0.717, 1.165) is 44.9 Å². The summed E-state index contributed by atoms with van der Waals surface area (Å²) in [5.74, 6) is 0. The fourth-order valence-corrected chi connectivity index (χ4v) is 3.96. The van der Waals surface area contributed by atoms with Crippen LogP contribution in [0.25, 0.3) is 33.5 Å². The highest BCUT2D eigenvalue weighted by Crippen LogP contribution is 2.32. The average molecular weight is 404 g/mol. The van der Waals surface area contributed by atoms with Crippen molar-refractivity contribution in [3.63, 3.8) is 0 Å². The Morgan fingerprint density at radius 1 is 0.828 bits per heavy atom. The minimum absolute atomic E-state index is 0.0969. The second-order valence-electron chi connectivity index (χ2n) is 6.95. The van der Waals surface area contributed by atoms with Crippen molar-refractivity contribution < 1.29 is 8.42 Å². The Kier molecular flexibility index (Phi) is 4.77. The van der Waals surface area contributed by atoms with Gasteiger partial charge in [0.05, 0.1) is 16.8 Å². The van der Waals surface area contributed by atoms with E-state index in [-0.39, 0.29) is 4.90 Å². The molecular formula is C22H20N4O2S. The number of H-pyrrole nitrogens is 1. The second-order valence-corrected chi connectivity index (χ2v) is 8.51. The molecule has 29 heavy (non-hydrogen) atoms. The van der Waals surface area contributed by atoms with Crippen molar-refractivity contribution in [2.75, 3.05) is 0 Å². The Hall–Kier alpha value is -3.29. The first kappa shape index (κ1) is 19.0. The maximum absolute atomic E-state index is 11.6. The summed E-state index contributed by atoms with van der Waals surface area (Å²) < 4.78 is 23.2. The number of hydrogen-bond acceptors (Lipinski definition) is 4. The molecule has 146 valence electrons. The minimum atomic E-state index is -3.74. The summed E-state index contributed by atoms with van der Waals surface area (Å²) >= 11 is 0. The lowest BCUT2D eigenvalue weighted by molar-refractivity contribution is 0.598. The largest absolute Gasteiger partial charge is 0.277 e. The predicted octanol–water partition coefficient (Wildman–Crippen LogP) is 4.07. The summed E-state index contributed by atoms with van der Waals surface area (Å²) in [4.78, 5) is 4.53. The lowest BCUT2D eigenvalue weighted by Crippen LogP contribution is -2.11. The molecule has 0 saturated heterocycles. The highest BCUT2D eigenvalue weighted by atomic mass is 32.2. The smallest absolute Gasteiger partial charge is 0.238 e. The molecule has 0 radical (unpaired) electrons. The van der Waals surface area contributed by atoms with E-state index in [4.69, 9.17) is 5.14 Å². The van der Waals surface area contributed by atoms with Gasteiger partial charge in [0.2, 0.25) is 10.0 Å². The van der Waals surface area contributed by atoms with E-state index < -0.39 is 10.0 Å². The van der Waals surface area contributed by atoms with Crippen LogP contribution in [-0.2, 0) is 10.0 Å². The van der Waals surface area contributed by atoms with Crippen LogP contribution >= 0.6 is 0 Å². The zero-order valence-corrected chi connectivity index (χ0v) is 16.9. The molecular weight excluding hydrogens is 384 g/mol. The van der Waals surface area contributed by atoms with E-state index in [1.165, 1.54) is 6.07 Å². The molecule has 4 rings (SSSR count). The van der Waals surface area contributed by atoms with E-state index in [9.17, 15) is 8.42 Å². The van der Waals surface area contributed by atoms with Gasteiger partial charge < -0.3 is 0 Å². The molecule has 0 aliphatic rings. The topological polar surface area (TPSA) is 102 Å². The number of nitrogens with two attached hydrogens (primary N) is 1. The lowest BCUT2D eigenvalue weighted by atomic mass is 9.98. The van der Waals surface area contributed by atoms with E-state index in [1.54, 1.807) is 18.3 Å². The molecule has 7 heteroatoms. The first-order valence-electron chi connectivity index (χ1n) is 9.04. The summed E-state index contributed by atoms with van der Waals surface area (Å²) in [6.07, 6.45) is 1.80. The Morgan fingerprint density at radius 3 is 2.14 bits per heavy atom. The monoisotopic (exact) mass is 404 g/mol. The van der Waals surface area contributed by atoms with Crippen LogP contribution in [0.4, 0.5) is 0 Å². The molecule has 0 spiro atoms. The SMILES string of the molecule is Cc1cc(-c2[nH]ncc2-c2ccc(-c3cccc(S(N)(=O)=O)c3)cc2)cc(C)n1. The summed E-state index contributed by atoms with van der Waals surface area (Å²) in [6, 6.07) is 18.6. The Labute approximate surface area is 169 Å². The molecule has 2 aromatic carbocycles. The number of sulfonamides is 1. The van der Waals surface area contributed by atoms with Gasteiger partial charge in [-0.15, -0.1) is 0 Å². The summed E-state index contributed by atoms with van der Waals surface area (Å²) in [5.41, 5.74) is 7.55. The van der Waals surface area contributed by atoms with Crippen molar-refractivity contribution in [2.24, 2.45) is 5.14 Å². The molecule has 0 unspecified atom stereocenters. The number of pyridine rings is 1. The van der Waals surface area contributed by atoms with Crippen molar-refractivity contribution in [3.05, 3.63) is 78.2 Å². The first-order valence-corrected chi connectivity index (χ1v) is 10.6. The van der Waals surface area contributed by atoms with Gasteiger partial charge in [-0.2, -0.15) is 5.10 Å². The van der Waals surface area contributed by atoms with Gasteiger partial charge in [-0.1, -0.05) is 36.4 Å². The number of benzene rings is 2. The van der Waals surface area contributed by atoms with Crippen LogP contribution in [0.1, 0.15) is 11.4 Å². The van der Waals surface area contributed by atoms with E-state index in [0.29, 0.717) is 0 Å².